The van der Waals surface area contributed by atoms with E-state index in [-0.39, 0.29) is 18.6 Å². The van der Waals surface area contributed by atoms with Crippen molar-refractivity contribution in [2.45, 2.75) is 57.4 Å². The third-order valence-electron chi connectivity index (χ3n) is 6.89. The molecule has 0 aliphatic carbocycles. The highest BCUT2D eigenvalue weighted by molar-refractivity contribution is 6.30. The van der Waals surface area contributed by atoms with Crippen LogP contribution in [0.25, 0.3) is 0 Å². The van der Waals surface area contributed by atoms with E-state index >= 15 is 0 Å². The average Bonchev–Trinajstić information content (AvgIpc) is 2.94. The van der Waals surface area contributed by atoms with Gasteiger partial charge in [-0.2, -0.15) is 5.26 Å². The molecule has 1 heterocycles. The standard InChI is InChI=1S/C31H29Cl2FN2O4/c1-3-5-26(31(38)39-4-2)36-28(19-6-11-23(32)12-7-19)29(20-8-13-24(33)14-9-20)40-27(30(36)37)17-21-10-15-25(34)16-22(21)18-35/h6-16,26-29H,3-5,17H2,1-2H3. The number of halogens is 3. The number of rotatable bonds is 9. The van der Waals surface area contributed by atoms with Gasteiger partial charge in [0.25, 0.3) is 5.91 Å². The van der Waals surface area contributed by atoms with E-state index in [4.69, 9.17) is 32.7 Å². The molecular weight excluding hydrogens is 554 g/mol. The molecule has 40 heavy (non-hydrogen) atoms. The number of morpholine rings is 1. The molecule has 0 N–H and O–H groups in total. The van der Waals surface area contributed by atoms with E-state index < -0.39 is 42.0 Å². The molecule has 0 saturated carbocycles. The van der Waals surface area contributed by atoms with Crippen molar-refractivity contribution in [2.75, 3.05) is 6.61 Å². The summed E-state index contributed by atoms with van der Waals surface area (Å²) in [6.45, 7) is 3.81. The van der Waals surface area contributed by atoms with Crippen LogP contribution in [0.5, 0.6) is 0 Å². The van der Waals surface area contributed by atoms with Gasteiger partial charge in [0, 0.05) is 16.5 Å². The lowest BCUT2D eigenvalue weighted by atomic mass is 9.88. The van der Waals surface area contributed by atoms with Gasteiger partial charge in [0.1, 0.15) is 24.1 Å². The highest BCUT2D eigenvalue weighted by atomic mass is 35.5. The summed E-state index contributed by atoms with van der Waals surface area (Å²) in [5.41, 5.74) is 2.04. The zero-order valence-electron chi connectivity index (χ0n) is 22.1. The van der Waals surface area contributed by atoms with Gasteiger partial charge in [0.05, 0.1) is 24.3 Å². The Kier molecular flexibility index (Phi) is 9.80. The predicted octanol–water partition coefficient (Wildman–Crippen LogP) is 6.99. The molecule has 1 fully saturated rings. The van der Waals surface area contributed by atoms with Crippen molar-refractivity contribution in [3.05, 3.63) is 105 Å². The number of benzene rings is 3. The Balaban J connectivity index is 1.88. The molecular formula is C31H29Cl2FN2O4. The molecule has 4 atom stereocenters. The Bertz CT molecular complexity index is 1390. The van der Waals surface area contributed by atoms with Gasteiger partial charge in [0.15, 0.2) is 0 Å². The fourth-order valence-electron chi connectivity index (χ4n) is 5.06. The molecule has 6 nitrogen and oxygen atoms in total. The van der Waals surface area contributed by atoms with Crippen molar-refractivity contribution in [3.8, 4) is 6.07 Å². The minimum Gasteiger partial charge on any atom is -0.464 e. The molecule has 0 radical (unpaired) electrons. The molecule has 208 valence electrons. The monoisotopic (exact) mass is 582 g/mol. The van der Waals surface area contributed by atoms with Crippen LogP contribution >= 0.6 is 23.2 Å². The number of ether oxygens (including phenoxy) is 2. The summed E-state index contributed by atoms with van der Waals surface area (Å²) >= 11 is 12.4. The van der Waals surface area contributed by atoms with Crippen LogP contribution in [0.1, 0.15) is 61.1 Å². The third kappa shape index (κ3) is 6.47. The van der Waals surface area contributed by atoms with Gasteiger partial charge >= 0.3 is 5.97 Å². The number of amides is 1. The Morgan fingerprint density at radius 3 is 2.25 bits per heavy atom. The van der Waals surface area contributed by atoms with Gasteiger partial charge in [-0.05, 0) is 66.4 Å². The van der Waals surface area contributed by atoms with Crippen LogP contribution in [0.4, 0.5) is 4.39 Å². The topological polar surface area (TPSA) is 79.6 Å². The molecule has 3 aromatic carbocycles. The fraction of sp³-hybridized carbons (Fsp3) is 0.323. The van der Waals surface area contributed by atoms with Crippen LogP contribution in [0.2, 0.25) is 10.0 Å². The minimum atomic E-state index is -1.06. The van der Waals surface area contributed by atoms with Crippen molar-refractivity contribution in [3.63, 3.8) is 0 Å². The fourth-order valence-corrected chi connectivity index (χ4v) is 5.32. The van der Waals surface area contributed by atoms with Crippen molar-refractivity contribution in [2.24, 2.45) is 0 Å². The van der Waals surface area contributed by atoms with E-state index in [0.717, 1.165) is 17.2 Å². The van der Waals surface area contributed by atoms with Crippen LogP contribution in [-0.2, 0) is 25.5 Å². The zero-order chi connectivity index (χ0) is 28.8. The maximum Gasteiger partial charge on any atom is 0.328 e. The van der Waals surface area contributed by atoms with Crippen molar-refractivity contribution in [1.82, 2.24) is 4.90 Å². The van der Waals surface area contributed by atoms with Crippen molar-refractivity contribution < 1.29 is 23.5 Å². The summed E-state index contributed by atoms with van der Waals surface area (Å²) < 4.78 is 25.8. The van der Waals surface area contributed by atoms with Crippen molar-refractivity contribution >= 4 is 35.1 Å². The number of esters is 1. The number of nitrogens with zero attached hydrogens (tertiary/aromatic N) is 2. The first kappa shape index (κ1) is 29.5. The molecule has 0 bridgehead atoms. The van der Waals surface area contributed by atoms with Crippen LogP contribution in [0.15, 0.2) is 66.7 Å². The Labute approximate surface area is 243 Å². The Morgan fingerprint density at radius 2 is 1.68 bits per heavy atom. The minimum absolute atomic E-state index is 0.0115. The summed E-state index contributed by atoms with van der Waals surface area (Å²) in [5, 5.41) is 10.7. The lowest BCUT2D eigenvalue weighted by Gasteiger charge is -2.47. The largest absolute Gasteiger partial charge is 0.464 e. The number of nitriles is 1. The summed E-state index contributed by atoms with van der Waals surface area (Å²) in [6.07, 6.45) is -0.767. The third-order valence-corrected chi connectivity index (χ3v) is 7.40. The first-order valence-corrected chi connectivity index (χ1v) is 13.9. The maximum absolute atomic E-state index is 14.3. The normalized spacial score (nSPS) is 19.6. The number of carbonyl (C=O) groups is 2. The molecule has 9 heteroatoms. The van der Waals surface area contributed by atoms with Gasteiger partial charge < -0.3 is 14.4 Å². The average molecular weight is 583 g/mol. The summed E-state index contributed by atoms with van der Waals surface area (Å²) in [7, 11) is 0. The van der Waals surface area contributed by atoms with Gasteiger partial charge in [-0.15, -0.1) is 0 Å². The molecule has 3 aromatic rings. The van der Waals surface area contributed by atoms with E-state index in [1.165, 1.54) is 12.1 Å². The SMILES string of the molecule is CCCC(C(=O)OCC)N1C(=O)C(Cc2ccc(F)cc2C#N)OC(c2ccc(Cl)cc2)C1c1ccc(Cl)cc1. The second kappa shape index (κ2) is 13.3. The number of hydrogen-bond acceptors (Lipinski definition) is 5. The van der Waals surface area contributed by atoms with E-state index in [1.54, 1.807) is 36.1 Å². The Morgan fingerprint density at radius 1 is 1.05 bits per heavy atom. The first-order valence-electron chi connectivity index (χ1n) is 13.1. The van der Waals surface area contributed by atoms with Gasteiger partial charge in [-0.25, -0.2) is 9.18 Å². The second-order valence-corrected chi connectivity index (χ2v) is 10.4. The van der Waals surface area contributed by atoms with Gasteiger partial charge in [0.2, 0.25) is 0 Å². The van der Waals surface area contributed by atoms with Gasteiger partial charge in [-0.1, -0.05) is 66.9 Å². The Hall–Kier alpha value is -3.44. The predicted molar refractivity (Wildman–Crippen MR) is 150 cm³/mol. The summed E-state index contributed by atoms with van der Waals surface area (Å²) in [5.74, 6) is -1.48. The number of hydrogen-bond donors (Lipinski definition) is 0. The second-order valence-electron chi connectivity index (χ2n) is 9.51. The van der Waals surface area contributed by atoms with E-state index in [1.807, 2.05) is 37.3 Å². The van der Waals surface area contributed by atoms with Gasteiger partial charge in [-0.3, -0.25) is 4.79 Å². The highest BCUT2D eigenvalue weighted by Gasteiger charge is 2.48. The molecule has 1 aliphatic rings. The molecule has 1 saturated heterocycles. The molecule has 1 aliphatic heterocycles. The lowest BCUT2D eigenvalue weighted by molar-refractivity contribution is -0.186. The molecule has 0 spiro atoms. The van der Waals surface area contributed by atoms with E-state index in [9.17, 15) is 19.2 Å². The molecule has 4 unspecified atom stereocenters. The molecule has 4 rings (SSSR count). The maximum atomic E-state index is 14.3. The quantitative estimate of drug-likeness (QED) is 0.254. The van der Waals surface area contributed by atoms with Crippen LogP contribution in [0.3, 0.4) is 0 Å². The van der Waals surface area contributed by atoms with E-state index in [2.05, 4.69) is 0 Å². The molecule has 0 aromatic heterocycles. The summed E-state index contributed by atoms with van der Waals surface area (Å²) in [6, 6.07) is 18.4. The highest BCUT2D eigenvalue weighted by Crippen LogP contribution is 2.44. The first-order chi connectivity index (χ1) is 19.3. The van der Waals surface area contributed by atoms with Crippen LogP contribution in [-0.4, -0.2) is 35.5 Å². The number of carbonyl (C=O) groups excluding carboxylic acids is 2. The lowest BCUT2D eigenvalue weighted by Crippen LogP contribution is -2.57. The smallest absolute Gasteiger partial charge is 0.328 e. The van der Waals surface area contributed by atoms with Crippen LogP contribution < -0.4 is 0 Å². The van der Waals surface area contributed by atoms with Crippen LogP contribution in [0, 0.1) is 17.1 Å². The summed E-state index contributed by atoms with van der Waals surface area (Å²) in [4.78, 5) is 29.2. The van der Waals surface area contributed by atoms with E-state index in [0.29, 0.717) is 28.5 Å². The van der Waals surface area contributed by atoms with Crippen molar-refractivity contribution in [1.29, 1.82) is 5.26 Å². The zero-order valence-corrected chi connectivity index (χ0v) is 23.7. The molecule has 1 amide bonds.